The van der Waals surface area contributed by atoms with Crippen molar-refractivity contribution < 1.29 is 8.78 Å². The van der Waals surface area contributed by atoms with E-state index in [0.717, 1.165) is 0 Å². The highest BCUT2D eigenvalue weighted by Crippen LogP contribution is 1.90. The van der Waals surface area contributed by atoms with Crippen molar-refractivity contribution in [1.82, 2.24) is 15.4 Å². The van der Waals surface area contributed by atoms with Crippen LogP contribution in [-0.4, -0.2) is 15.4 Å². The molecule has 0 spiro atoms. The van der Waals surface area contributed by atoms with Crippen molar-refractivity contribution in [2.24, 2.45) is 0 Å². The van der Waals surface area contributed by atoms with Gasteiger partial charge in [-0.05, 0) is 0 Å². The number of nitrogens with one attached hydrogen (secondary N) is 1. The first kappa shape index (κ1) is 4.17. The maximum absolute atomic E-state index is 11.5. The second-order valence-electron chi connectivity index (χ2n) is 0.917. The molecule has 1 N–H and O–H groups in total. The summed E-state index contributed by atoms with van der Waals surface area (Å²) in [5.74, 6) is -2.32. The van der Waals surface area contributed by atoms with E-state index in [0.29, 0.717) is 0 Å². The van der Waals surface area contributed by atoms with Gasteiger partial charge in [-0.25, -0.2) is 5.10 Å². The quantitative estimate of drug-likeness (QED) is 0.507. The van der Waals surface area contributed by atoms with E-state index >= 15 is 0 Å². The Morgan fingerprint density at radius 2 is 2.14 bits per heavy atom. The summed E-state index contributed by atoms with van der Waals surface area (Å²) in [5, 5.41) is 7.13. The molecule has 0 aliphatic rings. The third-order valence-corrected chi connectivity index (χ3v) is 0.467. The maximum Gasteiger partial charge on any atom is 0.289 e. The van der Waals surface area contributed by atoms with E-state index in [-0.39, 0.29) is 0 Å². The van der Waals surface area contributed by atoms with Crippen LogP contribution in [0.25, 0.3) is 0 Å². The zero-order valence-corrected chi connectivity index (χ0v) is 3.15. The van der Waals surface area contributed by atoms with Gasteiger partial charge >= 0.3 is 0 Å². The third-order valence-electron chi connectivity index (χ3n) is 0.467. The van der Waals surface area contributed by atoms with Crippen molar-refractivity contribution >= 4 is 0 Å². The van der Waals surface area contributed by atoms with Gasteiger partial charge in [0, 0.05) is 0 Å². The normalized spacial score (nSPS) is 9.43. The smallest absolute Gasteiger partial charge is 0.230 e. The van der Waals surface area contributed by atoms with Crippen molar-refractivity contribution in [3.8, 4) is 0 Å². The first-order valence-electron chi connectivity index (χ1n) is 1.53. The highest BCUT2D eigenvalue weighted by molar-refractivity contribution is 4.70. The van der Waals surface area contributed by atoms with E-state index in [9.17, 15) is 8.78 Å². The van der Waals surface area contributed by atoms with Crippen LogP contribution in [0.5, 0.6) is 0 Å². The summed E-state index contributed by atoms with van der Waals surface area (Å²) in [6.07, 6.45) is 0. The Hall–Kier alpha value is -1.00. The number of aromatic nitrogens is 3. The summed E-state index contributed by atoms with van der Waals surface area (Å²) < 4.78 is 23.0. The Morgan fingerprint density at radius 1 is 1.43 bits per heavy atom. The first-order chi connectivity index (χ1) is 3.30. The molecule has 0 saturated heterocycles. The lowest BCUT2D eigenvalue weighted by molar-refractivity contribution is 0.475. The van der Waals surface area contributed by atoms with Crippen LogP contribution in [0.3, 0.4) is 0 Å². The van der Waals surface area contributed by atoms with Gasteiger partial charge in [0.25, 0.3) is 11.9 Å². The highest BCUT2D eigenvalue weighted by atomic mass is 19.2. The monoisotopic (exact) mass is 105 g/mol. The molecule has 1 heterocycles. The first-order valence-corrected chi connectivity index (χ1v) is 1.53. The van der Waals surface area contributed by atoms with Crippen molar-refractivity contribution in [2.45, 2.75) is 0 Å². The summed E-state index contributed by atoms with van der Waals surface area (Å²) in [4.78, 5) is 0. The molecule has 0 aliphatic heterocycles. The summed E-state index contributed by atoms with van der Waals surface area (Å²) in [7, 11) is 0. The zero-order valence-electron chi connectivity index (χ0n) is 3.15. The molecule has 0 aromatic carbocycles. The van der Waals surface area contributed by atoms with Crippen LogP contribution in [0, 0.1) is 11.9 Å². The van der Waals surface area contributed by atoms with E-state index in [1.807, 2.05) is 0 Å². The summed E-state index contributed by atoms with van der Waals surface area (Å²) in [6, 6.07) is 0. The highest BCUT2D eigenvalue weighted by Gasteiger charge is 2.00. The Balaban J connectivity index is 3.12. The molecule has 0 bridgehead atoms. The summed E-state index contributed by atoms with van der Waals surface area (Å²) >= 11 is 0. The van der Waals surface area contributed by atoms with Gasteiger partial charge < -0.3 is 0 Å². The number of nitrogens with zero attached hydrogens (tertiary/aromatic N) is 2. The van der Waals surface area contributed by atoms with Crippen molar-refractivity contribution in [1.29, 1.82) is 0 Å². The Morgan fingerprint density at radius 3 is 2.29 bits per heavy atom. The van der Waals surface area contributed by atoms with E-state index in [2.05, 4.69) is 10.3 Å². The van der Waals surface area contributed by atoms with Crippen molar-refractivity contribution in [3.63, 3.8) is 0 Å². The van der Waals surface area contributed by atoms with E-state index < -0.39 is 11.9 Å². The fraction of sp³-hybridized carbons (Fsp3) is 0. The van der Waals surface area contributed by atoms with Gasteiger partial charge in [0.2, 0.25) is 0 Å². The zero-order chi connectivity index (χ0) is 5.28. The molecular weight excluding hydrogens is 104 g/mol. The molecule has 0 unspecified atom stereocenters. The molecule has 0 aliphatic carbocycles. The van der Waals surface area contributed by atoms with Gasteiger partial charge in [0.15, 0.2) is 0 Å². The van der Waals surface area contributed by atoms with Gasteiger partial charge in [-0.15, -0.1) is 0 Å². The average Bonchev–Trinajstić information content (AvgIpc) is 1.91. The fourth-order valence-electron chi connectivity index (χ4n) is 0.203. The largest absolute Gasteiger partial charge is 0.289 e. The number of H-pyrrole nitrogens is 1. The fourth-order valence-corrected chi connectivity index (χ4v) is 0.203. The van der Waals surface area contributed by atoms with Crippen LogP contribution in [0.2, 0.25) is 0 Å². The molecular formula is C2HF2N3. The third kappa shape index (κ3) is 0.556. The lowest BCUT2D eigenvalue weighted by Crippen LogP contribution is -1.75. The van der Waals surface area contributed by atoms with Gasteiger partial charge in [-0.2, -0.15) is 8.78 Å². The molecule has 0 saturated carbocycles. The number of hydrogen-bond acceptors (Lipinski definition) is 2. The molecule has 1 aromatic heterocycles. The van der Waals surface area contributed by atoms with E-state index in [1.54, 1.807) is 5.10 Å². The molecule has 0 fully saturated rings. The predicted molar refractivity (Wildman–Crippen MR) is 16.3 cm³/mol. The molecule has 1 aromatic rings. The van der Waals surface area contributed by atoms with Crippen LogP contribution >= 0.6 is 0 Å². The van der Waals surface area contributed by atoms with Gasteiger partial charge in [-0.1, -0.05) is 10.3 Å². The van der Waals surface area contributed by atoms with Crippen molar-refractivity contribution in [3.05, 3.63) is 11.9 Å². The van der Waals surface area contributed by atoms with Crippen LogP contribution in [0.1, 0.15) is 0 Å². The molecule has 0 amide bonds. The lowest BCUT2D eigenvalue weighted by Gasteiger charge is -1.66. The molecule has 1 rings (SSSR count). The second-order valence-corrected chi connectivity index (χ2v) is 0.917. The lowest BCUT2D eigenvalue weighted by atomic mass is 10.9. The topological polar surface area (TPSA) is 41.6 Å². The van der Waals surface area contributed by atoms with Crippen LogP contribution in [0.4, 0.5) is 8.78 Å². The Kier molecular flexibility index (Phi) is 0.744. The predicted octanol–water partition coefficient (Wildman–Crippen LogP) is 0.0829. The molecule has 38 valence electrons. The number of hydrogen-bond donors (Lipinski definition) is 1. The minimum Gasteiger partial charge on any atom is -0.230 e. The van der Waals surface area contributed by atoms with E-state index in [4.69, 9.17) is 0 Å². The van der Waals surface area contributed by atoms with Crippen LogP contribution < -0.4 is 0 Å². The molecule has 0 radical (unpaired) electrons. The van der Waals surface area contributed by atoms with E-state index in [1.165, 1.54) is 0 Å². The molecule has 0 atom stereocenters. The van der Waals surface area contributed by atoms with Gasteiger partial charge in [-0.3, -0.25) is 0 Å². The Labute approximate surface area is 37.3 Å². The second kappa shape index (κ2) is 1.25. The van der Waals surface area contributed by atoms with Crippen molar-refractivity contribution in [2.75, 3.05) is 0 Å². The average molecular weight is 105 g/mol. The van der Waals surface area contributed by atoms with Gasteiger partial charge in [0.05, 0.1) is 0 Å². The molecule has 5 heteroatoms. The number of aromatic amines is 1. The maximum atomic E-state index is 11.5. The van der Waals surface area contributed by atoms with Gasteiger partial charge in [0.1, 0.15) is 0 Å². The Bertz CT molecular complexity index is 143. The molecule has 3 nitrogen and oxygen atoms in total. The molecule has 7 heavy (non-hydrogen) atoms. The number of rotatable bonds is 0. The van der Waals surface area contributed by atoms with Crippen LogP contribution in [0.15, 0.2) is 0 Å². The SMILES string of the molecule is Fc1nn[nH]c1F. The standard InChI is InChI=1S/C2HF2N3/c3-1-2(4)6-7-5-1/h(H,5,6,7). The minimum atomic E-state index is -1.19. The minimum absolute atomic E-state index is 1.12. The van der Waals surface area contributed by atoms with Crippen LogP contribution in [-0.2, 0) is 0 Å². The number of halogens is 2. The summed E-state index contributed by atoms with van der Waals surface area (Å²) in [5.41, 5.74) is 0. The summed E-state index contributed by atoms with van der Waals surface area (Å²) in [6.45, 7) is 0.